The summed E-state index contributed by atoms with van der Waals surface area (Å²) in [6.07, 6.45) is 3.19. The summed E-state index contributed by atoms with van der Waals surface area (Å²) in [7, 11) is 0. The minimum atomic E-state index is 0.137. The van der Waals surface area contributed by atoms with Gasteiger partial charge < -0.3 is 24.5 Å². The van der Waals surface area contributed by atoms with Crippen LogP contribution in [0, 0.1) is 0 Å². The fraction of sp³-hybridized carbons (Fsp3) is 0.571. The standard InChI is InChI=1S/C21H29N3O3/c1-14(2)23-15-6-7-19-17(11-15)20(18-13-27-10-8-22-18)21(25)24(19)16-5-3-4-9-26-12-16/h6-7,11,14,16,23,25H,3-5,8-10,12-13H2,1-2H3. The molecule has 27 heavy (non-hydrogen) atoms. The molecule has 1 aromatic heterocycles. The summed E-state index contributed by atoms with van der Waals surface area (Å²) in [6, 6.07) is 6.78. The van der Waals surface area contributed by atoms with E-state index in [1.807, 2.05) is 4.57 Å². The zero-order valence-electron chi connectivity index (χ0n) is 16.2. The third-order valence-corrected chi connectivity index (χ3v) is 5.25. The van der Waals surface area contributed by atoms with Crippen molar-refractivity contribution in [2.45, 2.75) is 45.2 Å². The number of aromatic hydroxyl groups is 1. The molecule has 2 N–H and O–H groups in total. The van der Waals surface area contributed by atoms with Gasteiger partial charge in [-0.2, -0.15) is 0 Å². The maximum atomic E-state index is 11.2. The van der Waals surface area contributed by atoms with E-state index < -0.39 is 0 Å². The number of anilines is 1. The van der Waals surface area contributed by atoms with Crippen LogP contribution in [-0.2, 0) is 9.47 Å². The molecule has 2 aromatic rings. The first kappa shape index (κ1) is 18.3. The summed E-state index contributed by atoms with van der Waals surface area (Å²) in [5, 5.41) is 15.7. The van der Waals surface area contributed by atoms with Crippen LogP contribution in [0.25, 0.3) is 10.9 Å². The molecule has 2 aliphatic rings. The molecule has 146 valence electrons. The first-order valence-electron chi connectivity index (χ1n) is 9.98. The molecule has 6 nitrogen and oxygen atoms in total. The Bertz CT molecular complexity index is 833. The van der Waals surface area contributed by atoms with Crippen molar-refractivity contribution in [2.24, 2.45) is 4.99 Å². The van der Waals surface area contributed by atoms with Crippen molar-refractivity contribution in [2.75, 3.05) is 38.3 Å². The van der Waals surface area contributed by atoms with E-state index >= 15 is 0 Å². The van der Waals surface area contributed by atoms with Gasteiger partial charge in [0.15, 0.2) is 0 Å². The molecule has 1 aromatic carbocycles. The molecule has 0 spiro atoms. The summed E-state index contributed by atoms with van der Waals surface area (Å²) in [6.45, 7) is 7.39. The van der Waals surface area contributed by atoms with Crippen LogP contribution in [0.15, 0.2) is 23.2 Å². The second-order valence-corrected chi connectivity index (χ2v) is 7.71. The Balaban J connectivity index is 1.87. The number of benzene rings is 1. The van der Waals surface area contributed by atoms with Gasteiger partial charge >= 0.3 is 0 Å². The first-order valence-corrected chi connectivity index (χ1v) is 9.98. The number of fused-ring (bicyclic) bond motifs is 1. The van der Waals surface area contributed by atoms with Gasteiger partial charge in [0.2, 0.25) is 5.88 Å². The Hall–Kier alpha value is -2.05. The van der Waals surface area contributed by atoms with Gasteiger partial charge in [0.1, 0.15) is 0 Å². The highest BCUT2D eigenvalue weighted by Crippen LogP contribution is 2.38. The van der Waals surface area contributed by atoms with Crippen LogP contribution in [-0.4, -0.2) is 54.4 Å². The van der Waals surface area contributed by atoms with Gasteiger partial charge in [0.25, 0.3) is 0 Å². The van der Waals surface area contributed by atoms with E-state index in [9.17, 15) is 5.11 Å². The van der Waals surface area contributed by atoms with Crippen LogP contribution in [0.3, 0.4) is 0 Å². The molecule has 4 rings (SSSR count). The number of rotatable bonds is 4. The lowest BCUT2D eigenvalue weighted by Crippen LogP contribution is -2.19. The van der Waals surface area contributed by atoms with Gasteiger partial charge in [-0.3, -0.25) is 4.99 Å². The zero-order valence-corrected chi connectivity index (χ0v) is 16.2. The van der Waals surface area contributed by atoms with Crippen LogP contribution in [0.5, 0.6) is 5.88 Å². The second kappa shape index (κ2) is 7.90. The lowest BCUT2D eigenvalue weighted by Gasteiger charge is -2.19. The number of aromatic nitrogens is 1. The largest absolute Gasteiger partial charge is 0.494 e. The monoisotopic (exact) mass is 371 g/mol. The van der Waals surface area contributed by atoms with E-state index in [0.29, 0.717) is 32.4 Å². The van der Waals surface area contributed by atoms with Crippen molar-refractivity contribution >= 4 is 22.3 Å². The van der Waals surface area contributed by atoms with Crippen LogP contribution >= 0.6 is 0 Å². The van der Waals surface area contributed by atoms with Crippen LogP contribution in [0.4, 0.5) is 5.69 Å². The smallest absolute Gasteiger partial charge is 0.201 e. The fourth-order valence-corrected chi connectivity index (χ4v) is 4.08. The van der Waals surface area contributed by atoms with E-state index in [0.717, 1.165) is 53.7 Å². The van der Waals surface area contributed by atoms with Crippen molar-refractivity contribution in [1.82, 2.24) is 4.57 Å². The van der Waals surface area contributed by atoms with Crippen LogP contribution in [0.2, 0.25) is 0 Å². The molecule has 0 radical (unpaired) electrons. The van der Waals surface area contributed by atoms with Gasteiger partial charge in [-0.05, 0) is 51.3 Å². The van der Waals surface area contributed by atoms with E-state index in [-0.39, 0.29) is 11.9 Å². The van der Waals surface area contributed by atoms with Gasteiger partial charge in [0, 0.05) is 23.7 Å². The lowest BCUT2D eigenvalue weighted by atomic mass is 10.1. The molecule has 1 saturated heterocycles. The zero-order chi connectivity index (χ0) is 18.8. The van der Waals surface area contributed by atoms with E-state index in [2.05, 4.69) is 42.4 Å². The summed E-state index contributed by atoms with van der Waals surface area (Å²) in [4.78, 5) is 4.64. The van der Waals surface area contributed by atoms with Crippen molar-refractivity contribution in [3.63, 3.8) is 0 Å². The highest BCUT2D eigenvalue weighted by atomic mass is 16.5. The second-order valence-electron chi connectivity index (χ2n) is 7.71. The van der Waals surface area contributed by atoms with Crippen molar-refractivity contribution < 1.29 is 14.6 Å². The summed E-state index contributed by atoms with van der Waals surface area (Å²) in [5.41, 5.74) is 3.71. The highest BCUT2D eigenvalue weighted by Gasteiger charge is 2.27. The molecule has 3 heterocycles. The minimum Gasteiger partial charge on any atom is -0.494 e. The molecule has 0 amide bonds. The number of ether oxygens (including phenoxy) is 2. The van der Waals surface area contributed by atoms with Crippen molar-refractivity contribution in [3.05, 3.63) is 23.8 Å². The van der Waals surface area contributed by atoms with E-state index in [1.54, 1.807) is 0 Å². The first-order chi connectivity index (χ1) is 13.1. The molecule has 1 atom stereocenters. The summed E-state index contributed by atoms with van der Waals surface area (Å²) in [5.74, 6) is 0.284. The Labute approximate surface area is 160 Å². The maximum Gasteiger partial charge on any atom is 0.201 e. The van der Waals surface area contributed by atoms with Gasteiger partial charge in [0.05, 0.1) is 49.2 Å². The molecule has 0 aliphatic carbocycles. The molecular formula is C21H29N3O3. The average Bonchev–Trinajstić information content (AvgIpc) is 2.80. The third kappa shape index (κ3) is 3.69. The normalized spacial score (nSPS) is 21.3. The Kier molecular flexibility index (Phi) is 5.36. The lowest BCUT2D eigenvalue weighted by molar-refractivity contribution is 0.117. The molecule has 1 unspecified atom stereocenters. The van der Waals surface area contributed by atoms with Crippen molar-refractivity contribution in [1.29, 1.82) is 0 Å². The molecule has 0 saturated carbocycles. The molecular weight excluding hydrogens is 342 g/mol. The Morgan fingerprint density at radius 1 is 1.22 bits per heavy atom. The van der Waals surface area contributed by atoms with Gasteiger partial charge in [-0.25, -0.2) is 0 Å². The number of hydrogen-bond acceptors (Lipinski definition) is 5. The van der Waals surface area contributed by atoms with Crippen LogP contribution < -0.4 is 5.32 Å². The topological polar surface area (TPSA) is 68.0 Å². The quantitative estimate of drug-likeness (QED) is 0.859. The van der Waals surface area contributed by atoms with Crippen molar-refractivity contribution in [3.8, 4) is 5.88 Å². The molecule has 6 heteroatoms. The van der Waals surface area contributed by atoms with Crippen LogP contribution in [0.1, 0.15) is 44.7 Å². The third-order valence-electron chi connectivity index (χ3n) is 5.25. The fourth-order valence-electron chi connectivity index (χ4n) is 4.08. The molecule has 0 bridgehead atoms. The van der Waals surface area contributed by atoms with Gasteiger partial charge in [-0.15, -0.1) is 0 Å². The Morgan fingerprint density at radius 3 is 2.89 bits per heavy atom. The number of aliphatic imine (C=N–C) groups is 1. The van der Waals surface area contributed by atoms with E-state index in [1.165, 1.54) is 0 Å². The predicted octanol–water partition coefficient (Wildman–Crippen LogP) is 3.73. The summed E-state index contributed by atoms with van der Waals surface area (Å²) < 4.78 is 13.5. The average molecular weight is 371 g/mol. The minimum absolute atomic E-state index is 0.137. The highest BCUT2D eigenvalue weighted by molar-refractivity contribution is 6.14. The van der Waals surface area contributed by atoms with Gasteiger partial charge in [-0.1, -0.05) is 0 Å². The Morgan fingerprint density at radius 2 is 2.11 bits per heavy atom. The number of nitrogens with zero attached hydrogens (tertiary/aromatic N) is 2. The molecule has 1 fully saturated rings. The maximum absolute atomic E-state index is 11.2. The number of nitrogens with one attached hydrogen (secondary N) is 1. The SMILES string of the molecule is CC(C)Nc1ccc2c(c1)c(C1=NCCOC1)c(O)n2C1CCCCOC1. The van der Waals surface area contributed by atoms with E-state index in [4.69, 9.17) is 9.47 Å². The summed E-state index contributed by atoms with van der Waals surface area (Å²) >= 11 is 0. The number of hydrogen-bond donors (Lipinski definition) is 2. The molecule has 2 aliphatic heterocycles. The predicted molar refractivity (Wildman–Crippen MR) is 108 cm³/mol.